The Labute approximate surface area is 233 Å². The molecule has 40 heavy (non-hydrogen) atoms. The topological polar surface area (TPSA) is 125 Å². The number of carbonyl (C=O) groups excluding carboxylic acids is 4. The summed E-state index contributed by atoms with van der Waals surface area (Å²) in [6.45, 7) is 3.71. The maximum Gasteiger partial charge on any atom is 0.255 e. The Morgan fingerprint density at radius 2 is 1.73 bits per heavy atom. The molecular weight excluding hydrogens is 510 g/mol. The average Bonchev–Trinajstić information content (AvgIpc) is 3.29. The number of nitrogens with one attached hydrogen (secondary N) is 1. The summed E-state index contributed by atoms with van der Waals surface area (Å²) in [5.41, 5.74) is 9.92. The predicted molar refractivity (Wildman–Crippen MR) is 149 cm³/mol. The molecule has 2 aromatic rings. The number of piperidine rings is 3. The van der Waals surface area contributed by atoms with Crippen LogP contribution in [0.1, 0.15) is 64.8 Å². The zero-order valence-electron chi connectivity index (χ0n) is 22.8. The van der Waals surface area contributed by atoms with Crippen molar-refractivity contribution in [3.05, 3.63) is 53.1 Å². The van der Waals surface area contributed by atoms with Crippen molar-refractivity contribution in [1.29, 1.82) is 0 Å². The number of nitrogen functional groups attached to an aromatic ring is 1. The van der Waals surface area contributed by atoms with E-state index >= 15 is 0 Å². The molecule has 1 atom stereocenters. The minimum absolute atomic E-state index is 0.0182. The monoisotopic (exact) mass is 545 g/mol. The van der Waals surface area contributed by atoms with Crippen LogP contribution in [0, 0.1) is 5.41 Å². The zero-order chi connectivity index (χ0) is 28.0. The summed E-state index contributed by atoms with van der Waals surface area (Å²) in [4.78, 5) is 55.9. The number of anilines is 2. The van der Waals surface area contributed by atoms with E-state index in [2.05, 4.69) is 16.3 Å². The predicted octanol–water partition coefficient (Wildman–Crippen LogP) is 2.56. The Hall–Kier alpha value is -4.08. The number of ether oxygens (including phenoxy) is 1. The lowest BCUT2D eigenvalue weighted by Gasteiger charge is -2.47. The Bertz CT molecular complexity index is 1370. The Balaban J connectivity index is 1.06. The summed E-state index contributed by atoms with van der Waals surface area (Å²) in [5, 5.41) is 2.36. The van der Waals surface area contributed by atoms with E-state index in [1.165, 1.54) is 0 Å². The molecule has 0 aromatic heterocycles. The van der Waals surface area contributed by atoms with Crippen molar-refractivity contribution >= 4 is 35.0 Å². The second-order valence-electron chi connectivity index (χ2n) is 11.5. The second kappa shape index (κ2) is 10.1. The molecule has 2 aromatic carbocycles. The fourth-order valence-electron chi connectivity index (χ4n) is 6.71. The van der Waals surface area contributed by atoms with Crippen molar-refractivity contribution < 1.29 is 23.9 Å². The first kappa shape index (κ1) is 26.2. The van der Waals surface area contributed by atoms with Gasteiger partial charge < -0.3 is 25.2 Å². The minimum Gasteiger partial charge on any atom is -0.495 e. The standard InChI is InChI=1S/C30H35N5O5/c1-40-25-17-19(2-5-23(25)31)28(38)34-14-10-30(11-15-34)8-12-33(13-9-30)21-3-4-22-20(16-21)18-35(29(22)39)24-6-7-26(36)32-27(24)37/h2-5,16-17,24H,6-15,18,31H2,1H3,(H,32,36,37). The molecule has 0 bridgehead atoms. The molecule has 10 heteroatoms. The summed E-state index contributed by atoms with van der Waals surface area (Å²) in [6.07, 6.45) is 4.70. The van der Waals surface area contributed by atoms with Crippen LogP contribution in [0.25, 0.3) is 0 Å². The molecule has 6 rings (SSSR count). The first-order valence-corrected chi connectivity index (χ1v) is 14.0. The van der Waals surface area contributed by atoms with Gasteiger partial charge in [0.25, 0.3) is 11.8 Å². The van der Waals surface area contributed by atoms with E-state index in [1.807, 2.05) is 17.0 Å². The molecule has 1 spiro atoms. The SMILES string of the molecule is COc1cc(C(=O)N2CCC3(CC2)CCN(c2ccc4c(c2)CN(C2CCC(=O)NC2=O)C4=O)CC3)ccc1N. The van der Waals surface area contributed by atoms with Gasteiger partial charge in [0.2, 0.25) is 11.8 Å². The van der Waals surface area contributed by atoms with Gasteiger partial charge in [-0.05, 0) is 79.5 Å². The third kappa shape index (κ3) is 4.65. The highest BCUT2D eigenvalue weighted by atomic mass is 16.5. The molecule has 4 heterocycles. The minimum atomic E-state index is -0.601. The van der Waals surface area contributed by atoms with E-state index in [4.69, 9.17) is 10.5 Å². The van der Waals surface area contributed by atoms with Crippen LogP contribution in [0.5, 0.6) is 5.75 Å². The molecule has 3 saturated heterocycles. The van der Waals surface area contributed by atoms with E-state index in [1.54, 1.807) is 30.2 Å². The maximum absolute atomic E-state index is 13.1. The second-order valence-corrected chi connectivity index (χ2v) is 11.5. The quantitative estimate of drug-likeness (QED) is 0.447. The fraction of sp³-hybridized carbons (Fsp3) is 0.467. The number of carbonyl (C=O) groups is 4. The summed E-state index contributed by atoms with van der Waals surface area (Å²) in [5.74, 6) is -0.279. The van der Waals surface area contributed by atoms with Crippen molar-refractivity contribution in [2.24, 2.45) is 5.41 Å². The van der Waals surface area contributed by atoms with Gasteiger partial charge in [-0.3, -0.25) is 24.5 Å². The highest BCUT2D eigenvalue weighted by Crippen LogP contribution is 2.43. The number of hydrogen-bond donors (Lipinski definition) is 2. The average molecular weight is 546 g/mol. The molecule has 4 amide bonds. The third-order valence-corrected chi connectivity index (χ3v) is 9.29. The van der Waals surface area contributed by atoms with Crippen molar-refractivity contribution in [3.8, 4) is 5.75 Å². The van der Waals surface area contributed by atoms with Gasteiger partial charge in [-0.25, -0.2) is 0 Å². The number of hydrogen-bond acceptors (Lipinski definition) is 7. The summed E-state index contributed by atoms with van der Waals surface area (Å²) in [7, 11) is 1.55. The molecule has 3 N–H and O–H groups in total. The molecule has 10 nitrogen and oxygen atoms in total. The van der Waals surface area contributed by atoms with Crippen molar-refractivity contribution in [3.63, 3.8) is 0 Å². The fourth-order valence-corrected chi connectivity index (χ4v) is 6.71. The van der Waals surface area contributed by atoms with Gasteiger partial charge in [0.05, 0.1) is 12.8 Å². The smallest absolute Gasteiger partial charge is 0.255 e. The Morgan fingerprint density at radius 1 is 1.00 bits per heavy atom. The van der Waals surface area contributed by atoms with E-state index < -0.39 is 6.04 Å². The number of benzene rings is 2. The van der Waals surface area contributed by atoms with Crippen molar-refractivity contribution in [2.45, 2.75) is 51.1 Å². The van der Waals surface area contributed by atoms with Gasteiger partial charge in [-0.15, -0.1) is 0 Å². The lowest BCUT2D eigenvalue weighted by atomic mass is 9.71. The van der Waals surface area contributed by atoms with Crippen LogP contribution < -0.4 is 20.7 Å². The molecule has 0 radical (unpaired) electrons. The molecule has 0 aliphatic carbocycles. The first-order chi connectivity index (χ1) is 19.3. The normalized spacial score (nSPS) is 22.4. The Kier molecular flexibility index (Phi) is 6.64. The van der Waals surface area contributed by atoms with E-state index in [-0.39, 0.29) is 35.5 Å². The number of rotatable bonds is 4. The first-order valence-electron chi connectivity index (χ1n) is 14.0. The van der Waals surface area contributed by atoms with Gasteiger partial charge in [0.15, 0.2) is 0 Å². The van der Waals surface area contributed by atoms with Crippen molar-refractivity contribution in [1.82, 2.24) is 15.1 Å². The molecule has 4 aliphatic heterocycles. The molecular formula is C30H35N5O5. The Morgan fingerprint density at radius 3 is 2.42 bits per heavy atom. The largest absolute Gasteiger partial charge is 0.495 e. The van der Waals surface area contributed by atoms with E-state index in [9.17, 15) is 19.2 Å². The van der Waals surface area contributed by atoms with Crippen molar-refractivity contribution in [2.75, 3.05) is 43.9 Å². The van der Waals surface area contributed by atoms with Gasteiger partial charge >= 0.3 is 0 Å². The maximum atomic E-state index is 13.1. The number of imide groups is 1. The number of likely N-dealkylation sites (tertiary alicyclic amines) is 1. The van der Waals surface area contributed by atoms with Crippen LogP contribution in [0.15, 0.2) is 36.4 Å². The summed E-state index contributed by atoms with van der Waals surface area (Å²) < 4.78 is 5.28. The number of nitrogens with two attached hydrogens (primary N) is 1. The highest BCUT2D eigenvalue weighted by molar-refractivity contribution is 6.05. The molecule has 1 unspecified atom stereocenters. The van der Waals surface area contributed by atoms with Crippen LogP contribution in [-0.4, -0.2) is 72.8 Å². The zero-order valence-corrected chi connectivity index (χ0v) is 22.8. The molecule has 210 valence electrons. The van der Waals surface area contributed by atoms with Gasteiger partial charge in [0.1, 0.15) is 11.8 Å². The summed E-state index contributed by atoms with van der Waals surface area (Å²) in [6, 6.07) is 10.6. The van der Waals surface area contributed by atoms with Crippen LogP contribution in [0.4, 0.5) is 11.4 Å². The van der Waals surface area contributed by atoms with Crippen LogP contribution in [0.2, 0.25) is 0 Å². The van der Waals surface area contributed by atoms with Gasteiger partial charge in [-0.1, -0.05) is 0 Å². The molecule has 0 saturated carbocycles. The number of methoxy groups -OCH3 is 1. The number of fused-ring (bicyclic) bond motifs is 1. The van der Waals surface area contributed by atoms with Crippen LogP contribution in [0.3, 0.4) is 0 Å². The molecule has 3 fully saturated rings. The number of nitrogens with zero attached hydrogens (tertiary/aromatic N) is 3. The number of amides is 4. The lowest BCUT2D eigenvalue weighted by molar-refractivity contribution is -0.136. The van der Waals surface area contributed by atoms with E-state index in [0.717, 1.165) is 63.1 Å². The third-order valence-electron chi connectivity index (χ3n) is 9.29. The van der Waals surface area contributed by atoms with Gasteiger partial charge in [-0.2, -0.15) is 0 Å². The van der Waals surface area contributed by atoms with E-state index in [0.29, 0.717) is 35.5 Å². The van der Waals surface area contributed by atoms with Crippen LogP contribution >= 0.6 is 0 Å². The highest BCUT2D eigenvalue weighted by Gasteiger charge is 2.41. The lowest BCUT2D eigenvalue weighted by Crippen LogP contribution is -2.52. The van der Waals surface area contributed by atoms with Gasteiger partial charge in [0, 0.05) is 56.0 Å². The molecule has 4 aliphatic rings. The summed E-state index contributed by atoms with van der Waals surface area (Å²) >= 11 is 0. The van der Waals surface area contributed by atoms with Crippen LogP contribution in [-0.2, 0) is 16.1 Å².